The molecule has 1 aromatic rings. The normalized spacial score (nSPS) is 11.0. The van der Waals surface area contributed by atoms with Crippen molar-refractivity contribution in [2.24, 2.45) is 4.99 Å². The van der Waals surface area contributed by atoms with Gasteiger partial charge in [0.15, 0.2) is 5.96 Å². The monoisotopic (exact) mass is 363 g/mol. The number of halogens is 1. The first-order valence-corrected chi connectivity index (χ1v) is 5.94. The SMILES string of the molecule is CCNC(=NCc1cccc(O)c1)NC(C)C.I. The van der Waals surface area contributed by atoms with Gasteiger partial charge >= 0.3 is 0 Å². The second kappa shape index (κ2) is 9.02. The number of nitrogens with one attached hydrogen (secondary N) is 2. The minimum absolute atomic E-state index is 0. The molecule has 0 atom stereocenters. The molecule has 1 aromatic carbocycles. The summed E-state index contributed by atoms with van der Waals surface area (Å²) in [5.41, 5.74) is 0.992. The molecule has 0 aliphatic rings. The van der Waals surface area contributed by atoms with E-state index >= 15 is 0 Å². The largest absolute Gasteiger partial charge is 0.508 e. The van der Waals surface area contributed by atoms with Crippen LogP contribution in [-0.4, -0.2) is 23.7 Å². The molecule has 0 amide bonds. The van der Waals surface area contributed by atoms with Crippen LogP contribution < -0.4 is 10.6 Å². The predicted molar refractivity (Wildman–Crippen MR) is 86.6 cm³/mol. The number of hydrogen-bond acceptors (Lipinski definition) is 2. The highest BCUT2D eigenvalue weighted by molar-refractivity contribution is 14.0. The first-order valence-electron chi connectivity index (χ1n) is 5.94. The second-order valence-corrected chi connectivity index (χ2v) is 4.16. The van der Waals surface area contributed by atoms with Gasteiger partial charge in [0.2, 0.25) is 0 Å². The summed E-state index contributed by atoms with van der Waals surface area (Å²) in [5.74, 6) is 1.07. The Kier molecular flexibility index (Phi) is 8.53. The van der Waals surface area contributed by atoms with Crippen molar-refractivity contribution in [1.82, 2.24) is 10.6 Å². The minimum Gasteiger partial charge on any atom is -0.508 e. The molecule has 0 spiro atoms. The van der Waals surface area contributed by atoms with E-state index in [0.717, 1.165) is 18.1 Å². The van der Waals surface area contributed by atoms with Gasteiger partial charge in [-0.2, -0.15) is 0 Å². The number of phenols is 1. The van der Waals surface area contributed by atoms with Crippen LogP contribution in [0.4, 0.5) is 0 Å². The van der Waals surface area contributed by atoms with Crippen molar-refractivity contribution in [3.8, 4) is 5.75 Å². The quantitative estimate of drug-likeness (QED) is 0.438. The molecule has 0 radical (unpaired) electrons. The smallest absolute Gasteiger partial charge is 0.191 e. The molecule has 0 bridgehead atoms. The third kappa shape index (κ3) is 6.68. The van der Waals surface area contributed by atoms with Gasteiger partial charge in [0, 0.05) is 12.6 Å². The number of aromatic hydroxyl groups is 1. The Labute approximate surface area is 126 Å². The summed E-state index contributed by atoms with van der Waals surface area (Å²) in [6.45, 7) is 7.56. The lowest BCUT2D eigenvalue weighted by molar-refractivity contribution is 0.474. The fraction of sp³-hybridized carbons (Fsp3) is 0.462. The Morgan fingerprint density at radius 3 is 2.67 bits per heavy atom. The van der Waals surface area contributed by atoms with E-state index in [1.807, 2.05) is 19.1 Å². The Balaban J connectivity index is 0.00000289. The highest BCUT2D eigenvalue weighted by Crippen LogP contribution is 2.11. The number of rotatable bonds is 4. The summed E-state index contributed by atoms with van der Waals surface area (Å²) in [4.78, 5) is 4.45. The van der Waals surface area contributed by atoms with Crippen molar-refractivity contribution < 1.29 is 5.11 Å². The van der Waals surface area contributed by atoms with Crippen LogP contribution >= 0.6 is 24.0 Å². The fourth-order valence-electron chi connectivity index (χ4n) is 1.42. The van der Waals surface area contributed by atoms with Crippen molar-refractivity contribution in [2.75, 3.05) is 6.54 Å². The Morgan fingerprint density at radius 1 is 1.39 bits per heavy atom. The van der Waals surface area contributed by atoms with Gasteiger partial charge in [-0.25, -0.2) is 4.99 Å². The number of benzene rings is 1. The van der Waals surface area contributed by atoms with E-state index in [4.69, 9.17) is 0 Å². The molecule has 0 aliphatic carbocycles. The van der Waals surface area contributed by atoms with Gasteiger partial charge in [0.05, 0.1) is 6.54 Å². The minimum atomic E-state index is 0. The number of phenolic OH excluding ortho intramolecular Hbond substituents is 1. The van der Waals surface area contributed by atoms with E-state index in [2.05, 4.69) is 29.5 Å². The molecule has 5 heteroatoms. The van der Waals surface area contributed by atoms with Gasteiger partial charge in [-0.1, -0.05) is 12.1 Å². The van der Waals surface area contributed by atoms with Gasteiger partial charge in [-0.05, 0) is 38.5 Å². The highest BCUT2D eigenvalue weighted by atomic mass is 127. The zero-order chi connectivity index (χ0) is 12.7. The van der Waals surface area contributed by atoms with Crippen molar-refractivity contribution in [3.63, 3.8) is 0 Å². The zero-order valence-electron chi connectivity index (χ0n) is 11.1. The van der Waals surface area contributed by atoms with E-state index in [1.54, 1.807) is 12.1 Å². The van der Waals surface area contributed by atoms with Crippen molar-refractivity contribution in [2.45, 2.75) is 33.4 Å². The Morgan fingerprint density at radius 2 is 2.11 bits per heavy atom. The molecule has 4 nitrogen and oxygen atoms in total. The molecule has 102 valence electrons. The third-order valence-electron chi connectivity index (χ3n) is 2.10. The Hall–Kier alpha value is -0.980. The number of nitrogens with zero attached hydrogens (tertiary/aromatic N) is 1. The molecule has 0 aliphatic heterocycles. The topological polar surface area (TPSA) is 56.7 Å². The van der Waals surface area contributed by atoms with E-state index in [-0.39, 0.29) is 29.7 Å². The average Bonchev–Trinajstić information content (AvgIpc) is 2.26. The van der Waals surface area contributed by atoms with Crippen LogP contribution in [-0.2, 0) is 6.54 Å². The van der Waals surface area contributed by atoms with Crippen LogP contribution in [0.25, 0.3) is 0 Å². The zero-order valence-corrected chi connectivity index (χ0v) is 13.4. The van der Waals surface area contributed by atoms with Crippen LogP contribution in [0.5, 0.6) is 5.75 Å². The summed E-state index contributed by atoms with van der Waals surface area (Å²) >= 11 is 0. The molecule has 0 saturated carbocycles. The van der Waals surface area contributed by atoms with Crippen LogP contribution in [0.15, 0.2) is 29.3 Å². The summed E-state index contributed by atoms with van der Waals surface area (Å²) in [6, 6.07) is 7.50. The molecule has 0 saturated heterocycles. The first kappa shape index (κ1) is 17.0. The van der Waals surface area contributed by atoms with E-state index in [9.17, 15) is 5.11 Å². The number of hydrogen-bond donors (Lipinski definition) is 3. The third-order valence-corrected chi connectivity index (χ3v) is 2.10. The summed E-state index contributed by atoms with van der Waals surface area (Å²) in [6.07, 6.45) is 0. The predicted octanol–water partition coefficient (Wildman–Crippen LogP) is 2.47. The fourth-order valence-corrected chi connectivity index (χ4v) is 1.42. The molecular formula is C13H22IN3O. The lowest BCUT2D eigenvalue weighted by Gasteiger charge is -2.13. The number of guanidine groups is 1. The first-order chi connectivity index (χ1) is 8.11. The maximum atomic E-state index is 9.35. The van der Waals surface area contributed by atoms with Crippen LogP contribution in [0.3, 0.4) is 0 Å². The van der Waals surface area contributed by atoms with Crippen LogP contribution in [0.1, 0.15) is 26.3 Å². The lowest BCUT2D eigenvalue weighted by Crippen LogP contribution is -2.40. The molecule has 0 aromatic heterocycles. The van der Waals surface area contributed by atoms with E-state index < -0.39 is 0 Å². The van der Waals surface area contributed by atoms with Crippen molar-refractivity contribution >= 4 is 29.9 Å². The average molecular weight is 363 g/mol. The standard InChI is InChI=1S/C13H21N3O.HI/c1-4-14-13(16-10(2)3)15-9-11-6-5-7-12(17)8-11;/h5-8,10,17H,4,9H2,1-3H3,(H2,14,15,16);1H. The second-order valence-electron chi connectivity index (χ2n) is 4.16. The van der Waals surface area contributed by atoms with Gasteiger partial charge in [0.1, 0.15) is 5.75 Å². The molecular weight excluding hydrogens is 341 g/mol. The highest BCUT2D eigenvalue weighted by Gasteiger charge is 1.99. The summed E-state index contributed by atoms with van der Waals surface area (Å²) in [5, 5.41) is 15.8. The number of aliphatic imine (C=N–C) groups is 1. The molecule has 1 rings (SSSR count). The van der Waals surface area contributed by atoms with Crippen molar-refractivity contribution in [1.29, 1.82) is 0 Å². The van der Waals surface area contributed by atoms with Gasteiger partial charge < -0.3 is 15.7 Å². The van der Waals surface area contributed by atoms with Gasteiger partial charge in [-0.3, -0.25) is 0 Å². The lowest BCUT2D eigenvalue weighted by atomic mass is 10.2. The van der Waals surface area contributed by atoms with E-state index in [1.165, 1.54) is 0 Å². The molecule has 3 N–H and O–H groups in total. The molecule has 18 heavy (non-hydrogen) atoms. The molecule has 0 unspecified atom stereocenters. The van der Waals surface area contributed by atoms with Gasteiger partial charge in [-0.15, -0.1) is 24.0 Å². The van der Waals surface area contributed by atoms with Gasteiger partial charge in [0.25, 0.3) is 0 Å². The van der Waals surface area contributed by atoms with E-state index in [0.29, 0.717) is 12.6 Å². The molecule has 0 fully saturated rings. The summed E-state index contributed by atoms with van der Waals surface area (Å²) in [7, 11) is 0. The maximum Gasteiger partial charge on any atom is 0.191 e. The maximum absolute atomic E-state index is 9.35. The Bertz CT molecular complexity index is 380. The van der Waals surface area contributed by atoms with Crippen LogP contribution in [0, 0.1) is 0 Å². The van der Waals surface area contributed by atoms with Crippen molar-refractivity contribution in [3.05, 3.63) is 29.8 Å². The van der Waals surface area contributed by atoms with Crippen LogP contribution in [0.2, 0.25) is 0 Å². The molecule has 0 heterocycles. The summed E-state index contributed by atoms with van der Waals surface area (Å²) < 4.78 is 0.